The van der Waals surface area contributed by atoms with Crippen molar-refractivity contribution in [1.82, 2.24) is 4.90 Å². The minimum atomic E-state index is -0.354. The van der Waals surface area contributed by atoms with Crippen LogP contribution in [-0.2, 0) is 6.42 Å². The van der Waals surface area contributed by atoms with Crippen molar-refractivity contribution in [2.45, 2.75) is 6.42 Å². The molecule has 9 nitrogen and oxygen atoms in total. The van der Waals surface area contributed by atoms with Gasteiger partial charge in [0.25, 0.3) is 0 Å². The fourth-order valence-electron chi connectivity index (χ4n) is 4.21. The zero-order valence-corrected chi connectivity index (χ0v) is 17.8. The Morgan fingerprint density at radius 3 is 2.75 bits per heavy atom. The van der Waals surface area contributed by atoms with E-state index in [0.717, 1.165) is 37.4 Å². The lowest BCUT2D eigenvalue weighted by Crippen LogP contribution is -2.93. The number of nitrogens with two attached hydrogens (primary N) is 2. The minimum Gasteiger partial charge on any atom is -0.454 e. The molecule has 0 bridgehead atoms. The first-order valence-corrected chi connectivity index (χ1v) is 10.5. The molecule has 2 aromatic carbocycles. The third-order valence-corrected chi connectivity index (χ3v) is 5.79. The number of anilines is 1. The number of amidine groups is 2. The third-order valence-electron chi connectivity index (χ3n) is 5.79. The van der Waals surface area contributed by atoms with Gasteiger partial charge in [-0.25, -0.2) is 4.39 Å². The first-order chi connectivity index (χ1) is 15.5. The molecule has 10 heteroatoms. The maximum atomic E-state index is 14.6. The maximum Gasteiger partial charge on any atom is 0.245 e. The van der Waals surface area contributed by atoms with Gasteiger partial charge in [0.2, 0.25) is 24.4 Å². The van der Waals surface area contributed by atoms with Crippen molar-refractivity contribution in [3.8, 4) is 11.5 Å². The molecule has 3 heterocycles. The topological polar surface area (TPSA) is 116 Å². The zero-order chi connectivity index (χ0) is 22.2. The van der Waals surface area contributed by atoms with Crippen LogP contribution in [0.2, 0.25) is 0 Å². The van der Waals surface area contributed by atoms with Crippen molar-refractivity contribution in [3.05, 3.63) is 47.3 Å². The fraction of sp³-hybridized carbons (Fsp3) is 0.318. The Morgan fingerprint density at radius 1 is 1.19 bits per heavy atom. The van der Waals surface area contributed by atoms with E-state index in [1.807, 2.05) is 23.5 Å². The van der Waals surface area contributed by atoms with E-state index in [0.29, 0.717) is 40.8 Å². The van der Waals surface area contributed by atoms with Crippen LogP contribution in [0, 0.1) is 11.2 Å². The highest BCUT2D eigenvalue weighted by molar-refractivity contribution is 6.12. The SMILES string of the molecule is CN1CCN(c2cc(F)cc3c2/C(=N/C(=N)N)[NH2+]C(Cc2ccc4c(c2)OCO4)=N3)CC1. The summed E-state index contributed by atoms with van der Waals surface area (Å²) in [5, 5.41) is 9.56. The lowest BCUT2D eigenvalue weighted by Gasteiger charge is -2.35. The van der Waals surface area contributed by atoms with Crippen LogP contribution in [-0.4, -0.2) is 62.6 Å². The van der Waals surface area contributed by atoms with Gasteiger partial charge in [0.1, 0.15) is 11.4 Å². The van der Waals surface area contributed by atoms with Crippen molar-refractivity contribution < 1.29 is 19.2 Å². The predicted molar refractivity (Wildman–Crippen MR) is 120 cm³/mol. The Kier molecular flexibility index (Phi) is 5.24. The van der Waals surface area contributed by atoms with E-state index >= 15 is 0 Å². The molecule has 3 aliphatic heterocycles. The molecule has 1 fully saturated rings. The second-order valence-corrected chi connectivity index (χ2v) is 8.10. The third kappa shape index (κ3) is 4.02. The number of fused-ring (bicyclic) bond motifs is 2. The van der Waals surface area contributed by atoms with Crippen LogP contribution in [0.15, 0.2) is 40.3 Å². The standard InChI is InChI=1S/C22H24FN7O2/c1-29-4-6-30(7-5-29)16-11-14(23)10-15-20(16)21(28-22(24)25)27-19(26-15)9-13-2-3-17-18(8-13)32-12-31-17/h2-3,8,10-11H,4-7,9,12H2,1H3,(H4,24,25,26,27,28)/p+1. The second kappa shape index (κ2) is 8.21. The molecule has 5 rings (SSSR count). The molecule has 0 atom stereocenters. The summed E-state index contributed by atoms with van der Waals surface area (Å²) in [5.74, 6) is 1.97. The largest absolute Gasteiger partial charge is 0.454 e. The quantitative estimate of drug-likeness (QED) is 0.484. The van der Waals surface area contributed by atoms with E-state index in [1.54, 1.807) is 0 Å². The Balaban J connectivity index is 1.53. The number of guanidine groups is 1. The highest BCUT2D eigenvalue weighted by Gasteiger charge is 2.30. The molecule has 0 aliphatic carbocycles. The Hall–Kier alpha value is -3.50. The van der Waals surface area contributed by atoms with Gasteiger partial charge in [-0.2, -0.15) is 9.98 Å². The van der Waals surface area contributed by atoms with Crippen molar-refractivity contribution in [1.29, 1.82) is 5.41 Å². The van der Waals surface area contributed by atoms with Gasteiger partial charge in [-0.3, -0.25) is 10.7 Å². The number of halogens is 1. The second-order valence-electron chi connectivity index (χ2n) is 8.10. The molecule has 0 spiro atoms. The molecular formula is C22H25FN7O2+. The number of nitrogens with one attached hydrogen (secondary N) is 1. The van der Waals surface area contributed by atoms with Gasteiger partial charge in [0, 0.05) is 32.2 Å². The maximum absolute atomic E-state index is 14.6. The minimum absolute atomic E-state index is 0.211. The van der Waals surface area contributed by atoms with Gasteiger partial charge >= 0.3 is 0 Å². The number of hydrogen-bond acceptors (Lipinski definition) is 6. The summed E-state index contributed by atoms with van der Waals surface area (Å²) < 4.78 is 25.5. The number of quaternary nitrogens is 1. The molecule has 0 radical (unpaired) electrons. The van der Waals surface area contributed by atoms with Gasteiger partial charge in [0.15, 0.2) is 11.5 Å². The van der Waals surface area contributed by atoms with Gasteiger partial charge in [-0.1, -0.05) is 6.07 Å². The number of benzene rings is 2. The smallest absolute Gasteiger partial charge is 0.245 e. The summed E-state index contributed by atoms with van der Waals surface area (Å²) >= 11 is 0. The molecule has 0 unspecified atom stereocenters. The highest BCUT2D eigenvalue weighted by Crippen LogP contribution is 2.34. The number of hydrogen-bond donors (Lipinski definition) is 3. The molecule has 32 heavy (non-hydrogen) atoms. The number of ether oxygens (including phenoxy) is 2. The molecule has 3 aliphatic rings. The molecule has 0 saturated carbocycles. The van der Waals surface area contributed by atoms with Crippen LogP contribution in [0.25, 0.3) is 0 Å². The number of likely N-dealkylation sites (N-methyl/N-ethyl adjacent to an activating group) is 1. The first-order valence-electron chi connectivity index (χ1n) is 10.5. The normalized spacial score (nSPS) is 19.1. The van der Waals surface area contributed by atoms with Gasteiger partial charge < -0.3 is 25.0 Å². The molecule has 0 amide bonds. The molecule has 0 aromatic heterocycles. The monoisotopic (exact) mass is 438 g/mol. The Bertz CT molecular complexity index is 1140. The number of nitrogens with zero attached hydrogens (tertiary/aromatic N) is 4. The summed E-state index contributed by atoms with van der Waals surface area (Å²) in [6, 6.07) is 8.66. The van der Waals surface area contributed by atoms with Crippen LogP contribution in [0.4, 0.5) is 15.8 Å². The van der Waals surface area contributed by atoms with Gasteiger partial charge in [0.05, 0.1) is 17.8 Å². The van der Waals surface area contributed by atoms with Crippen molar-refractivity contribution in [3.63, 3.8) is 0 Å². The predicted octanol–water partition coefficient (Wildman–Crippen LogP) is 0.796. The first kappa shape index (κ1) is 20.4. The fourth-order valence-corrected chi connectivity index (χ4v) is 4.21. The van der Waals surface area contributed by atoms with Gasteiger partial charge in [-0.05, 0) is 30.8 Å². The van der Waals surface area contributed by atoms with Crippen molar-refractivity contribution in [2.24, 2.45) is 15.7 Å². The average Bonchev–Trinajstić information content (AvgIpc) is 3.21. The van der Waals surface area contributed by atoms with Crippen LogP contribution in [0.1, 0.15) is 11.1 Å². The Labute approximate surface area is 184 Å². The van der Waals surface area contributed by atoms with E-state index in [2.05, 4.69) is 21.8 Å². The average molecular weight is 438 g/mol. The summed E-state index contributed by atoms with van der Waals surface area (Å²) in [6.45, 7) is 3.52. The molecule has 1 saturated heterocycles. The summed E-state index contributed by atoms with van der Waals surface area (Å²) in [6.07, 6.45) is 0.493. The number of rotatable bonds is 3. The van der Waals surface area contributed by atoms with Crippen LogP contribution < -0.4 is 25.4 Å². The zero-order valence-electron chi connectivity index (χ0n) is 17.8. The van der Waals surface area contributed by atoms with Crippen LogP contribution in [0.3, 0.4) is 0 Å². The van der Waals surface area contributed by atoms with Crippen LogP contribution >= 0.6 is 0 Å². The molecular weight excluding hydrogens is 413 g/mol. The van der Waals surface area contributed by atoms with E-state index < -0.39 is 0 Å². The van der Waals surface area contributed by atoms with E-state index in [1.165, 1.54) is 12.1 Å². The highest BCUT2D eigenvalue weighted by atomic mass is 19.1. The summed E-state index contributed by atoms with van der Waals surface area (Å²) in [5.41, 5.74) is 8.54. The van der Waals surface area contributed by atoms with Crippen LogP contribution in [0.5, 0.6) is 11.5 Å². The van der Waals surface area contributed by atoms with E-state index in [4.69, 9.17) is 25.6 Å². The molecule has 2 aromatic rings. The molecule has 5 N–H and O–H groups in total. The summed E-state index contributed by atoms with van der Waals surface area (Å²) in [7, 11) is 2.07. The van der Waals surface area contributed by atoms with Crippen molar-refractivity contribution in [2.75, 3.05) is 44.9 Å². The Morgan fingerprint density at radius 2 is 1.97 bits per heavy atom. The lowest BCUT2D eigenvalue weighted by molar-refractivity contribution is -0.409. The number of aliphatic imine (C=N–C) groups is 2. The van der Waals surface area contributed by atoms with E-state index in [-0.39, 0.29) is 18.6 Å². The van der Waals surface area contributed by atoms with Crippen molar-refractivity contribution >= 4 is 29.0 Å². The van der Waals surface area contributed by atoms with Gasteiger partial charge in [-0.15, -0.1) is 0 Å². The number of piperazine rings is 1. The lowest BCUT2D eigenvalue weighted by atomic mass is 10.0. The summed E-state index contributed by atoms with van der Waals surface area (Å²) in [4.78, 5) is 13.4. The molecule has 166 valence electrons. The van der Waals surface area contributed by atoms with E-state index in [9.17, 15) is 4.39 Å².